The molecule has 0 aliphatic rings. The normalized spacial score (nSPS) is 10.9. The summed E-state index contributed by atoms with van der Waals surface area (Å²) >= 11 is 0. The van der Waals surface area contributed by atoms with Crippen LogP contribution in [-0.2, 0) is 0 Å². The molecule has 0 fully saturated rings. The lowest BCUT2D eigenvalue weighted by molar-refractivity contribution is 1.51. The Kier molecular flexibility index (Phi) is 13.6. The average molecular weight is 911 g/mol. The summed E-state index contributed by atoms with van der Waals surface area (Å²) in [6.07, 6.45) is 0. The zero-order valence-electron chi connectivity index (χ0n) is 41.3. The molecule has 0 atom stereocenters. The van der Waals surface area contributed by atoms with Crippen molar-refractivity contribution in [2.45, 2.75) is 34.6 Å². The highest BCUT2D eigenvalue weighted by Crippen LogP contribution is 2.36. The van der Waals surface area contributed by atoms with Gasteiger partial charge in [0.2, 0.25) is 0 Å². The largest absolute Gasteiger partial charge is 0.0622 e. The summed E-state index contributed by atoms with van der Waals surface area (Å²) in [5.41, 5.74) is 9.29. The van der Waals surface area contributed by atoms with Crippen molar-refractivity contribution in [3.63, 3.8) is 0 Å². The maximum atomic E-state index is 2.30. The molecular weight excluding hydrogens is 853 g/mol. The lowest BCUT2D eigenvalue weighted by atomic mass is 9.92. The standard InChI is InChI=1S/C17H12.C17H14.C15H12.2C11H10/c1-11-10-14-6-2-4-12-8-9-13-5-3-7-15(11)17(13)16(12)14;1-13-11-16(14-7-3-2-4-8-14)12-15-9-5-6-10-17(13)15;1-11-10-12-6-2-3-8-14(12)15-9-5-4-7-13(11)15;1-9-5-4-7-10-6-2-3-8-11(9)10;1-9-6-7-10-4-2-3-5-11(10)8-9/h2-10H,1H3;2-12H,1H3;2-10H,1H3;2*2-8H,1H3. The number of fused-ring (bicyclic) bond motifs is 6. The van der Waals surface area contributed by atoms with Crippen LogP contribution in [0.15, 0.2) is 261 Å². The van der Waals surface area contributed by atoms with Crippen LogP contribution in [0.25, 0.3) is 97.3 Å². The van der Waals surface area contributed by atoms with E-state index in [-0.39, 0.29) is 0 Å². The Morgan fingerprint density at radius 3 is 1.34 bits per heavy atom. The maximum Gasteiger partial charge on any atom is -0.00241 e. The fourth-order valence-corrected chi connectivity index (χ4v) is 10.2. The minimum Gasteiger partial charge on any atom is -0.0622 e. The molecule has 0 spiro atoms. The third kappa shape index (κ3) is 10.1. The number of aryl methyl sites for hydroxylation is 5. The molecule has 0 radical (unpaired) electrons. The first-order chi connectivity index (χ1) is 34.8. The molecular formula is C71H58. The van der Waals surface area contributed by atoms with Gasteiger partial charge in [-0.15, -0.1) is 0 Å². The van der Waals surface area contributed by atoms with Crippen LogP contribution in [0.1, 0.15) is 27.8 Å². The van der Waals surface area contributed by atoms with Crippen LogP contribution in [-0.4, -0.2) is 0 Å². The summed E-state index contributed by atoms with van der Waals surface area (Å²) in [5.74, 6) is 0. The Balaban J connectivity index is 0.000000104. The molecule has 0 aliphatic heterocycles. The predicted molar refractivity (Wildman–Crippen MR) is 313 cm³/mol. The van der Waals surface area contributed by atoms with Gasteiger partial charge in [-0.2, -0.15) is 0 Å². The van der Waals surface area contributed by atoms with Crippen molar-refractivity contribution in [3.8, 4) is 11.1 Å². The molecule has 71 heavy (non-hydrogen) atoms. The SMILES string of the molecule is Cc1cc(-c2ccccc2)cc2ccccc12.Cc1cc2cccc3ccc4cccc1c4c32.Cc1cc2ccccc2c2ccccc12.Cc1ccc2ccccc2c1.Cc1cccc2ccccc12. The Morgan fingerprint density at radius 2 is 0.620 bits per heavy atom. The van der Waals surface area contributed by atoms with Crippen LogP contribution in [0.5, 0.6) is 0 Å². The molecule has 0 saturated heterocycles. The average Bonchev–Trinajstić information content (AvgIpc) is 3.42. The molecule has 0 saturated carbocycles. The van der Waals surface area contributed by atoms with Gasteiger partial charge in [0, 0.05) is 0 Å². The highest BCUT2D eigenvalue weighted by atomic mass is 14.1. The minimum absolute atomic E-state index is 1.28. The Labute approximate surface area is 418 Å². The molecule has 14 aromatic carbocycles. The van der Waals surface area contributed by atoms with Gasteiger partial charge in [0.1, 0.15) is 0 Å². The number of hydrogen-bond acceptors (Lipinski definition) is 0. The molecule has 0 N–H and O–H groups in total. The van der Waals surface area contributed by atoms with Gasteiger partial charge in [-0.25, -0.2) is 0 Å². The van der Waals surface area contributed by atoms with Crippen LogP contribution in [0.2, 0.25) is 0 Å². The van der Waals surface area contributed by atoms with E-state index >= 15 is 0 Å². The summed E-state index contributed by atoms with van der Waals surface area (Å²) < 4.78 is 0. The van der Waals surface area contributed by atoms with Gasteiger partial charge in [-0.05, 0) is 160 Å². The zero-order valence-corrected chi connectivity index (χ0v) is 41.3. The van der Waals surface area contributed by atoms with Crippen LogP contribution in [0, 0.1) is 34.6 Å². The van der Waals surface area contributed by atoms with Gasteiger partial charge < -0.3 is 0 Å². The Bertz CT molecular complexity index is 4090. The lowest BCUT2D eigenvalue weighted by Crippen LogP contribution is -1.85. The predicted octanol–water partition coefficient (Wildman–Crippen LogP) is 20.3. The van der Waals surface area contributed by atoms with E-state index in [0.717, 1.165) is 0 Å². The maximum absolute atomic E-state index is 2.30. The second kappa shape index (κ2) is 21.0. The van der Waals surface area contributed by atoms with E-state index in [1.807, 2.05) is 0 Å². The van der Waals surface area contributed by atoms with Crippen LogP contribution in [0.3, 0.4) is 0 Å². The number of rotatable bonds is 1. The molecule has 0 amide bonds. The summed E-state index contributed by atoms with van der Waals surface area (Å²) in [5, 5.41) is 21.6. The fraction of sp³-hybridized carbons (Fsp3) is 0.0704. The first-order valence-electron chi connectivity index (χ1n) is 24.7. The monoisotopic (exact) mass is 910 g/mol. The smallest absolute Gasteiger partial charge is 0.00241 e. The third-order valence-electron chi connectivity index (χ3n) is 13.8. The molecule has 0 heterocycles. The molecule has 342 valence electrons. The summed E-state index contributed by atoms with van der Waals surface area (Å²) in [4.78, 5) is 0. The van der Waals surface area contributed by atoms with Crippen LogP contribution < -0.4 is 0 Å². The van der Waals surface area contributed by atoms with E-state index < -0.39 is 0 Å². The number of benzene rings is 14. The third-order valence-corrected chi connectivity index (χ3v) is 13.8. The lowest BCUT2D eigenvalue weighted by Gasteiger charge is -2.12. The van der Waals surface area contributed by atoms with Gasteiger partial charge in [-0.1, -0.05) is 260 Å². The van der Waals surface area contributed by atoms with E-state index in [1.54, 1.807) is 0 Å². The molecule has 0 bridgehead atoms. The summed E-state index contributed by atoms with van der Waals surface area (Å²) in [6.45, 7) is 10.8. The molecule has 0 unspecified atom stereocenters. The van der Waals surface area contributed by atoms with Gasteiger partial charge >= 0.3 is 0 Å². The highest BCUT2D eigenvalue weighted by molar-refractivity contribution is 6.23. The van der Waals surface area contributed by atoms with E-state index in [2.05, 4.69) is 295 Å². The molecule has 0 heteroatoms. The summed E-state index contributed by atoms with van der Waals surface area (Å²) in [6, 6.07) is 92.6. The Morgan fingerprint density at radius 1 is 0.183 bits per heavy atom. The topological polar surface area (TPSA) is 0 Å². The van der Waals surface area contributed by atoms with E-state index in [0.29, 0.717) is 0 Å². The first-order valence-corrected chi connectivity index (χ1v) is 24.7. The first kappa shape index (κ1) is 46.2. The van der Waals surface area contributed by atoms with Crippen molar-refractivity contribution in [3.05, 3.63) is 289 Å². The van der Waals surface area contributed by atoms with Crippen molar-refractivity contribution in [2.24, 2.45) is 0 Å². The zero-order chi connectivity index (χ0) is 48.7. The van der Waals surface area contributed by atoms with Gasteiger partial charge in [-0.3, -0.25) is 0 Å². The highest BCUT2D eigenvalue weighted by Gasteiger charge is 2.09. The number of hydrogen-bond donors (Lipinski definition) is 0. The van der Waals surface area contributed by atoms with Gasteiger partial charge in [0.05, 0.1) is 0 Å². The second-order valence-corrected chi connectivity index (χ2v) is 18.7. The van der Waals surface area contributed by atoms with Gasteiger partial charge in [0.15, 0.2) is 0 Å². The summed E-state index contributed by atoms with van der Waals surface area (Å²) in [7, 11) is 0. The molecule has 0 aromatic heterocycles. The van der Waals surface area contributed by atoms with Crippen molar-refractivity contribution < 1.29 is 0 Å². The van der Waals surface area contributed by atoms with Crippen molar-refractivity contribution in [1.82, 2.24) is 0 Å². The molecule has 0 nitrogen and oxygen atoms in total. The van der Waals surface area contributed by atoms with E-state index in [9.17, 15) is 0 Å². The van der Waals surface area contributed by atoms with E-state index in [4.69, 9.17) is 0 Å². The van der Waals surface area contributed by atoms with E-state index in [1.165, 1.54) is 125 Å². The van der Waals surface area contributed by atoms with Crippen molar-refractivity contribution in [1.29, 1.82) is 0 Å². The van der Waals surface area contributed by atoms with Crippen molar-refractivity contribution >= 4 is 86.2 Å². The van der Waals surface area contributed by atoms with Crippen molar-refractivity contribution in [2.75, 3.05) is 0 Å². The fourth-order valence-electron chi connectivity index (χ4n) is 10.2. The minimum atomic E-state index is 1.28. The molecule has 0 aliphatic carbocycles. The quantitative estimate of drug-likeness (QED) is 0.144. The Hall–Kier alpha value is -8.58. The second-order valence-electron chi connectivity index (χ2n) is 18.7. The van der Waals surface area contributed by atoms with Gasteiger partial charge in [0.25, 0.3) is 0 Å². The molecule has 14 rings (SSSR count). The van der Waals surface area contributed by atoms with Crippen LogP contribution in [0.4, 0.5) is 0 Å². The molecule has 14 aromatic rings. The van der Waals surface area contributed by atoms with Crippen LogP contribution >= 0.6 is 0 Å².